The summed E-state index contributed by atoms with van der Waals surface area (Å²) in [5.74, 6) is 2.09. The van der Waals surface area contributed by atoms with Gasteiger partial charge in [0.15, 0.2) is 5.82 Å². The molecule has 2 saturated heterocycles. The lowest BCUT2D eigenvalue weighted by Crippen LogP contribution is -2.47. The van der Waals surface area contributed by atoms with Crippen molar-refractivity contribution in [1.29, 1.82) is 0 Å². The lowest BCUT2D eigenvalue weighted by molar-refractivity contribution is -0.134. The fraction of sp³-hybridized carbons (Fsp3) is 0.812. The zero-order valence-electron chi connectivity index (χ0n) is 13.8. The minimum atomic E-state index is -0.277. The molecule has 0 spiro atoms. The Kier molecular flexibility index (Phi) is 5.27. The molecule has 7 heteroatoms. The summed E-state index contributed by atoms with van der Waals surface area (Å²) >= 11 is 0. The Bertz CT molecular complexity index is 525. The Morgan fingerprint density at radius 2 is 2.09 bits per heavy atom. The number of nitrogens with zero attached hydrogens (tertiary/aromatic N) is 4. The average Bonchev–Trinajstić information content (AvgIpc) is 2.93. The van der Waals surface area contributed by atoms with Gasteiger partial charge in [0.1, 0.15) is 0 Å². The number of aromatic nitrogens is 2. The van der Waals surface area contributed by atoms with Crippen molar-refractivity contribution in [2.75, 3.05) is 32.7 Å². The molecule has 1 aromatic heterocycles. The van der Waals surface area contributed by atoms with Gasteiger partial charge in [-0.15, -0.1) is 0 Å². The third kappa shape index (κ3) is 4.51. The van der Waals surface area contributed by atoms with Gasteiger partial charge in [0.25, 0.3) is 0 Å². The predicted octanol–water partition coefficient (Wildman–Crippen LogP) is 0.616. The summed E-state index contributed by atoms with van der Waals surface area (Å²) in [4.78, 5) is 20.7. The summed E-state index contributed by atoms with van der Waals surface area (Å²) in [7, 11) is 0. The number of rotatable bonds is 4. The maximum absolute atomic E-state index is 12.4. The fourth-order valence-corrected chi connectivity index (χ4v) is 3.53. The number of aryl methyl sites for hydroxylation is 1. The number of likely N-dealkylation sites (tertiary alicyclic amines) is 2. The lowest BCUT2D eigenvalue weighted by Gasteiger charge is -2.35. The molecule has 2 aliphatic rings. The number of hydrogen-bond acceptors (Lipinski definition) is 6. The van der Waals surface area contributed by atoms with E-state index < -0.39 is 0 Å². The highest BCUT2D eigenvalue weighted by Crippen LogP contribution is 2.21. The number of β-amino-alcohol motifs (C(OH)–C–C–N with tert-alkyl or cyclic N) is 1. The van der Waals surface area contributed by atoms with Crippen molar-refractivity contribution in [3.8, 4) is 0 Å². The van der Waals surface area contributed by atoms with Crippen LogP contribution in [0.2, 0.25) is 0 Å². The van der Waals surface area contributed by atoms with Gasteiger partial charge in [-0.05, 0) is 38.1 Å². The van der Waals surface area contributed by atoms with E-state index in [1.54, 1.807) is 6.92 Å². The van der Waals surface area contributed by atoms with Gasteiger partial charge in [0, 0.05) is 33.0 Å². The first-order valence-electron chi connectivity index (χ1n) is 8.57. The molecular formula is C16H26N4O3. The molecule has 3 rings (SSSR count). The summed E-state index contributed by atoms with van der Waals surface area (Å²) < 4.78 is 5.01. The minimum absolute atomic E-state index is 0.188. The molecule has 3 heterocycles. The van der Waals surface area contributed by atoms with Crippen LogP contribution in [0.5, 0.6) is 0 Å². The van der Waals surface area contributed by atoms with Gasteiger partial charge in [-0.3, -0.25) is 9.69 Å². The molecule has 1 amide bonds. The monoisotopic (exact) mass is 322 g/mol. The summed E-state index contributed by atoms with van der Waals surface area (Å²) in [5, 5.41) is 13.6. The number of carbonyl (C=O) groups is 1. The molecule has 128 valence electrons. The third-order valence-electron chi connectivity index (χ3n) is 4.85. The van der Waals surface area contributed by atoms with Gasteiger partial charge in [-0.1, -0.05) is 5.16 Å². The number of carbonyl (C=O) groups excluding carboxylic acids is 1. The number of aliphatic hydroxyl groups is 1. The quantitative estimate of drug-likeness (QED) is 0.875. The Balaban J connectivity index is 1.42. The maximum Gasteiger partial charge on any atom is 0.236 e. The predicted molar refractivity (Wildman–Crippen MR) is 83.7 cm³/mol. The van der Waals surface area contributed by atoms with Crippen molar-refractivity contribution in [2.45, 2.75) is 45.1 Å². The minimum Gasteiger partial charge on any atom is -0.392 e. The fourth-order valence-electron chi connectivity index (χ4n) is 3.53. The van der Waals surface area contributed by atoms with E-state index in [1.165, 1.54) is 0 Å². The van der Waals surface area contributed by atoms with Crippen molar-refractivity contribution in [3.63, 3.8) is 0 Å². The number of aliphatic hydroxyl groups excluding tert-OH is 1. The van der Waals surface area contributed by atoms with E-state index >= 15 is 0 Å². The van der Waals surface area contributed by atoms with Crippen LogP contribution >= 0.6 is 0 Å². The number of amides is 1. The van der Waals surface area contributed by atoms with Crippen molar-refractivity contribution < 1.29 is 14.4 Å². The molecule has 0 unspecified atom stereocenters. The zero-order chi connectivity index (χ0) is 16.2. The van der Waals surface area contributed by atoms with Crippen molar-refractivity contribution >= 4 is 5.91 Å². The van der Waals surface area contributed by atoms with Crippen LogP contribution in [-0.2, 0) is 11.2 Å². The van der Waals surface area contributed by atoms with E-state index in [4.69, 9.17) is 4.52 Å². The highest BCUT2D eigenvalue weighted by molar-refractivity contribution is 5.78. The van der Waals surface area contributed by atoms with Crippen LogP contribution in [-0.4, -0.2) is 69.8 Å². The summed E-state index contributed by atoms with van der Waals surface area (Å²) in [5.41, 5.74) is 0. The first-order chi connectivity index (χ1) is 11.1. The van der Waals surface area contributed by atoms with Gasteiger partial charge in [0.05, 0.1) is 12.6 Å². The molecule has 0 aliphatic carbocycles. The maximum atomic E-state index is 12.4. The molecule has 0 saturated carbocycles. The molecule has 0 bridgehead atoms. The first kappa shape index (κ1) is 16.4. The van der Waals surface area contributed by atoms with Crippen molar-refractivity contribution in [1.82, 2.24) is 19.9 Å². The SMILES string of the molecule is Cc1nc(CC2CCN(C(=O)CN3CCC[C@@H](O)C3)CC2)no1. The van der Waals surface area contributed by atoms with Crippen molar-refractivity contribution in [3.05, 3.63) is 11.7 Å². The summed E-state index contributed by atoms with van der Waals surface area (Å²) in [6.07, 6.45) is 4.36. The van der Waals surface area contributed by atoms with E-state index in [0.29, 0.717) is 24.9 Å². The van der Waals surface area contributed by atoms with E-state index in [0.717, 1.165) is 57.6 Å². The normalized spacial score (nSPS) is 24.1. The van der Waals surface area contributed by atoms with Crippen LogP contribution in [0.4, 0.5) is 0 Å². The van der Waals surface area contributed by atoms with Crippen molar-refractivity contribution in [2.24, 2.45) is 5.92 Å². The van der Waals surface area contributed by atoms with Gasteiger partial charge < -0.3 is 14.5 Å². The second kappa shape index (κ2) is 7.40. The molecule has 1 N–H and O–H groups in total. The third-order valence-corrected chi connectivity index (χ3v) is 4.85. The average molecular weight is 322 g/mol. The van der Waals surface area contributed by atoms with Gasteiger partial charge >= 0.3 is 0 Å². The molecule has 0 aromatic carbocycles. The van der Waals surface area contributed by atoms with Gasteiger partial charge in [0.2, 0.25) is 11.8 Å². The summed E-state index contributed by atoms with van der Waals surface area (Å²) in [6, 6.07) is 0. The Morgan fingerprint density at radius 3 is 2.74 bits per heavy atom. The van der Waals surface area contributed by atoms with E-state index in [1.807, 2.05) is 4.90 Å². The highest BCUT2D eigenvalue weighted by Gasteiger charge is 2.26. The smallest absolute Gasteiger partial charge is 0.236 e. The van der Waals surface area contributed by atoms with Gasteiger partial charge in [-0.2, -0.15) is 4.98 Å². The van der Waals surface area contributed by atoms with E-state index in [9.17, 15) is 9.90 Å². The molecule has 1 aromatic rings. The zero-order valence-corrected chi connectivity index (χ0v) is 13.8. The largest absolute Gasteiger partial charge is 0.392 e. The number of hydrogen-bond donors (Lipinski definition) is 1. The second-order valence-electron chi connectivity index (χ2n) is 6.79. The standard InChI is InChI=1S/C16H26N4O3/c1-12-17-15(18-23-12)9-13-4-7-20(8-5-13)16(22)11-19-6-2-3-14(21)10-19/h13-14,21H,2-11H2,1H3/t14-/m1/s1. The van der Waals surface area contributed by atoms with Gasteiger partial charge in [-0.25, -0.2) is 0 Å². The van der Waals surface area contributed by atoms with E-state index in [2.05, 4.69) is 15.0 Å². The topological polar surface area (TPSA) is 82.7 Å². The van der Waals surface area contributed by atoms with Crippen LogP contribution in [0.25, 0.3) is 0 Å². The van der Waals surface area contributed by atoms with Crippen LogP contribution in [0.1, 0.15) is 37.4 Å². The molecule has 1 atom stereocenters. The van der Waals surface area contributed by atoms with E-state index in [-0.39, 0.29) is 12.0 Å². The van der Waals surface area contributed by atoms with Crippen LogP contribution in [0, 0.1) is 12.8 Å². The highest BCUT2D eigenvalue weighted by atomic mass is 16.5. The molecule has 23 heavy (non-hydrogen) atoms. The van der Waals surface area contributed by atoms with Crippen LogP contribution in [0.3, 0.4) is 0 Å². The molecule has 0 radical (unpaired) electrons. The summed E-state index contributed by atoms with van der Waals surface area (Å²) in [6.45, 7) is 5.38. The molecule has 2 fully saturated rings. The Labute approximate surface area is 136 Å². The Morgan fingerprint density at radius 1 is 1.30 bits per heavy atom. The number of piperidine rings is 2. The first-order valence-corrected chi connectivity index (χ1v) is 8.57. The molecular weight excluding hydrogens is 296 g/mol. The second-order valence-corrected chi connectivity index (χ2v) is 6.79. The molecule has 7 nitrogen and oxygen atoms in total. The Hall–Kier alpha value is -1.47. The molecule has 2 aliphatic heterocycles. The van der Waals surface area contributed by atoms with Crippen LogP contribution < -0.4 is 0 Å². The van der Waals surface area contributed by atoms with Crippen LogP contribution in [0.15, 0.2) is 4.52 Å². The lowest BCUT2D eigenvalue weighted by atomic mass is 9.93.